The fraction of sp³-hybridized carbons (Fsp3) is 0.636. The van der Waals surface area contributed by atoms with Crippen LogP contribution in [0, 0.1) is 0 Å². The number of thioether (sulfide) groups is 1. The highest BCUT2D eigenvalue weighted by Crippen LogP contribution is 2.23. The van der Waals surface area contributed by atoms with E-state index < -0.39 is 0 Å². The van der Waals surface area contributed by atoms with E-state index in [9.17, 15) is 9.59 Å². The molecule has 2 aliphatic rings. The molecule has 0 aromatic heterocycles. The molecule has 0 spiro atoms. The molecule has 2 rings (SSSR count). The fourth-order valence-corrected chi connectivity index (χ4v) is 3.13. The van der Waals surface area contributed by atoms with Gasteiger partial charge in [-0.15, -0.1) is 11.8 Å². The van der Waals surface area contributed by atoms with Crippen LogP contribution in [0.5, 0.6) is 0 Å². The Morgan fingerprint density at radius 3 is 2.71 bits per heavy atom. The summed E-state index contributed by atoms with van der Waals surface area (Å²) in [5.74, 6) is 1.12. The first kappa shape index (κ1) is 12.4. The average molecular weight is 256 g/mol. The first-order valence-electron chi connectivity index (χ1n) is 5.61. The molecule has 0 radical (unpaired) electrons. The molecule has 2 amide bonds. The molecule has 0 aromatic rings. The van der Waals surface area contributed by atoms with Crippen molar-refractivity contribution in [1.82, 2.24) is 9.80 Å². The Bertz CT molecular complexity index is 329. The Labute approximate surface area is 105 Å². The second kappa shape index (κ2) is 5.55. The maximum absolute atomic E-state index is 12.3. The number of amides is 2. The first-order valence-corrected chi connectivity index (χ1v) is 6.77. The molecule has 2 fully saturated rings. The number of nitrogens with zero attached hydrogens (tertiary/aromatic N) is 2. The van der Waals surface area contributed by atoms with Crippen molar-refractivity contribution in [2.75, 3.05) is 37.9 Å². The van der Waals surface area contributed by atoms with Gasteiger partial charge in [0.25, 0.3) is 0 Å². The molecule has 0 bridgehead atoms. The third kappa shape index (κ3) is 2.63. The number of rotatable bonds is 2. The Morgan fingerprint density at radius 1 is 1.35 bits per heavy atom. The van der Waals surface area contributed by atoms with Crippen molar-refractivity contribution in [3.05, 3.63) is 12.7 Å². The van der Waals surface area contributed by atoms with Crippen LogP contribution < -0.4 is 0 Å². The van der Waals surface area contributed by atoms with Gasteiger partial charge in [0.2, 0.25) is 11.8 Å². The third-order valence-electron chi connectivity index (χ3n) is 2.95. The molecule has 6 heteroatoms. The van der Waals surface area contributed by atoms with E-state index in [1.807, 2.05) is 0 Å². The van der Waals surface area contributed by atoms with Crippen LogP contribution in [0.1, 0.15) is 0 Å². The summed E-state index contributed by atoms with van der Waals surface area (Å²) in [6, 6.07) is -0.330. The number of hydrogen-bond donors (Lipinski definition) is 0. The number of carbonyl (C=O) groups excluding carboxylic acids is 2. The summed E-state index contributed by atoms with van der Waals surface area (Å²) < 4.78 is 5.21. The van der Waals surface area contributed by atoms with E-state index >= 15 is 0 Å². The molecule has 94 valence electrons. The number of ether oxygens (including phenoxy) is 1. The molecule has 1 unspecified atom stereocenters. The van der Waals surface area contributed by atoms with Crippen molar-refractivity contribution in [1.29, 1.82) is 0 Å². The van der Waals surface area contributed by atoms with E-state index in [0.29, 0.717) is 37.9 Å². The van der Waals surface area contributed by atoms with Crippen molar-refractivity contribution in [3.8, 4) is 0 Å². The molecule has 2 heterocycles. The molecule has 0 saturated carbocycles. The molecule has 0 aliphatic carbocycles. The maximum atomic E-state index is 12.3. The second-order valence-corrected chi connectivity index (χ2v) is 4.97. The highest BCUT2D eigenvalue weighted by atomic mass is 32.2. The van der Waals surface area contributed by atoms with Crippen LogP contribution in [0.2, 0.25) is 0 Å². The standard InChI is InChI=1S/C11H16N2O3S/c1-2-10(14)13-8-17-7-9(13)11(15)12-3-5-16-6-4-12/h2,9H,1,3-8H2. The van der Waals surface area contributed by atoms with Crippen molar-refractivity contribution < 1.29 is 14.3 Å². The number of morpholine rings is 1. The summed E-state index contributed by atoms with van der Waals surface area (Å²) in [7, 11) is 0. The van der Waals surface area contributed by atoms with Gasteiger partial charge in [0, 0.05) is 18.8 Å². The molecule has 0 aromatic carbocycles. The van der Waals surface area contributed by atoms with E-state index in [1.165, 1.54) is 6.08 Å². The lowest BCUT2D eigenvalue weighted by Gasteiger charge is -2.31. The van der Waals surface area contributed by atoms with Crippen molar-refractivity contribution in [2.24, 2.45) is 0 Å². The molecule has 1 atom stereocenters. The maximum Gasteiger partial charge on any atom is 0.247 e. The smallest absolute Gasteiger partial charge is 0.247 e. The summed E-state index contributed by atoms with van der Waals surface area (Å²) in [6.07, 6.45) is 1.27. The Morgan fingerprint density at radius 2 is 2.06 bits per heavy atom. The van der Waals surface area contributed by atoms with Gasteiger partial charge in [0.1, 0.15) is 6.04 Å². The molecule has 17 heavy (non-hydrogen) atoms. The van der Waals surface area contributed by atoms with Crippen LogP contribution in [-0.4, -0.2) is 65.6 Å². The van der Waals surface area contributed by atoms with Crippen molar-refractivity contribution in [3.63, 3.8) is 0 Å². The second-order valence-electron chi connectivity index (χ2n) is 3.97. The highest BCUT2D eigenvalue weighted by molar-refractivity contribution is 7.99. The zero-order valence-corrected chi connectivity index (χ0v) is 10.4. The number of hydrogen-bond acceptors (Lipinski definition) is 4. The van der Waals surface area contributed by atoms with Gasteiger partial charge in [-0.3, -0.25) is 9.59 Å². The topological polar surface area (TPSA) is 49.9 Å². The number of carbonyl (C=O) groups is 2. The largest absolute Gasteiger partial charge is 0.378 e. The predicted octanol–water partition coefficient (Wildman–Crippen LogP) is -0.0673. The zero-order chi connectivity index (χ0) is 12.3. The van der Waals surface area contributed by atoms with E-state index in [2.05, 4.69) is 6.58 Å². The van der Waals surface area contributed by atoms with Crippen LogP contribution in [0.25, 0.3) is 0 Å². The monoisotopic (exact) mass is 256 g/mol. The molecular formula is C11H16N2O3S. The van der Waals surface area contributed by atoms with E-state index in [4.69, 9.17) is 4.74 Å². The predicted molar refractivity (Wildman–Crippen MR) is 65.6 cm³/mol. The summed E-state index contributed by atoms with van der Waals surface area (Å²) in [4.78, 5) is 27.2. The zero-order valence-electron chi connectivity index (χ0n) is 9.63. The van der Waals surface area contributed by atoms with Crippen LogP contribution in [0.3, 0.4) is 0 Å². The highest BCUT2D eigenvalue weighted by Gasteiger charge is 2.36. The quantitative estimate of drug-likeness (QED) is 0.649. The van der Waals surface area contributed by atoms with Gasteiger partial charge in [0.05, 0.1) is 19.1 Å². The summed E-state index contributed by atoms with van der Waals surface area (Å²) >= 11 is 1.60. The van der Waals surface area contributed by atoms with Gasteiger partial charge in [-0.1, -0.05) is 6.58 Å². The SMILES string of the molecule is C=CC(=O)N1CSCC1C(=O)N1CCOCC1. The van der Waals surface area contributed by atoms with Gasteiger partial charge in [-0.2, -0.15) is 0 Å². The minimum Gasteiger partial charge on any atom is -0.378 e. The Balaban J connectivity index is 2.02. The molecule has 2 aliphatic heterocycles. The summed E-state index contributed by atoms with van der Waals surface area (Å²) in [5, 5.41) is 0. The third-order valence-corrected chi connectivity index (χ3v) is 3.96. The van der Waals surface area contributed by atoms with E-state index in [0.717, 1.165) is 0 Å². The summed E-state index contributed by atoms with van der Waals surface area (Å²) in [6.45, 7) is 5.88. The van der Waals surface area contributed by atoms with Gasteiger partial charge in [-0.25, -0.2) is 0 Å². The Hall–Kier alpha value is -1.01. The fourth-order valence-electron chi connectivity index (χ4n) is 1.98. The van der Waals surface area contributed by atoms with Crippen LogP contribution in [0.15, 0.2) is 12.7 Å². The molecule has 0 N–H and O–H groups in total. The molecule has 5 nitrogen and oxygen atoms in total. The van der Waals surface area contributed by atoms with Crippen LogP contribution in [0.4, 0.5) is 0 Å². The average Bonchev–Trinajstić information content (AvgIpc) is 2.87. The van der Waals surface area contributed by atoms with Crippen LogP contribution >= 0.6 is 11.8 Å². The lowest BCUT2D eigenvalue weighted by Crippen LogP contribution is -2.51. The van der Waals surface area contributed by atoms with Crippen molar-refractivity contribution in [2.45, 2.75) is 6.04 Å². The van der Waals surface area contributed by atoms with Crippen molar-refractivity contribution >= 4 is 23.6 Å². The summed E-state index contributed by atoms with van der Waals surface area (Å²) in [5.41, 5.74) is 0. The van der Waals surface area contributed by atoms with Gasteiger partial charge >= 0.3 is 0 Å². The van der Waals surface area contributed by atoms with Gasteiger partial charge < -0.3 is 14.5 Å². The first-order chi connectivity index (χ1) is 8.24. The van der Waals surface area contributed by atoms with Crippen LogP contribution in [-0.2, 0) is 14.3 Å². The van der Waals surface area contributed by atoms with Gasteiger partial charge in [0.15, 0.2) is 0 Å². The van der Waals surface area contributed by atoms with E-state index in [1.54, 1.807) is 21.6 Å². The Kier molecular flexibility index (Phi) is 4.06. The van der Waals surface area contributed by atoms with Gasteiger partial charge in [-0.05, 0) is 6.08 Å². The van der Waals surface area contributed by atoms with E-state index in [-0.39, 0.29) is 17.9 Å². The minimum absolute atomic E-state index is 0.0356. The normalized spacial score (nSPS) is 24.8. The lowest BCUT2D eigenvalue weighted by atomic mass is 10.2. The lowest BCUT2D eigenvalue weighted by molar-refractivity contribution is -0.144. The molecule has 2 saturated heterocycles. The minimum atomic E-state index is -0.330. The molecular weight excluding hydrogens is 240 g/mol.